The summed E-state index contributed by atoms with van der Waals surface area (Å²) >= 11 is 0. The maximum atomic E-state index is 13.4. The second-order valence-corrected chi connectivity index (χ2v) is 11.6. The summed E-state index contributed by atoms with van der Waals surface area (Å²) in [6, 6.07) is 3.04. The molecule has 1 aromatic carbocycles. The molecule has 1 saturated carbocycles. The lowest BCUT2D eigenvalue weighted by Crippen LogP contribution is -2.22. The van der Waals surface area contributed by atoms with Crippen LogP contribution in [-0.4, -0.2) is 33.8 Å². The monoisotopic (exact) mass is 520 g/mol. The molecule has 1 aliphatic rings. The molecule has 11 heteroatoms. The lowest BCUT2D eigenvalue weighted by atomic mass is 9.79. The van der Waals surface area contributed by atoms with Crippen molar-refractivity contribution in [2.45, 2.75) is 39.5 Å². The van der Waals surface area contributed by atoms with Gasteiger partial charge in [0.15, 0.2) is 19.0 Å². The van der Waals surface area contributed by atoms with Crippen LogP contribution in [0.1, 0.15) is 50.2 Å². The van der Waals surface area contributed by atoms with Gasteiger partial charge in [0.2, 0.25) is 0 Å². The molecule has 0 bridgehead atoms. The Morgan fingerprint density at radius 3 is 2.56 bits per heavy atom. The number of carbonyl (C=O) groups is 1. The van der Waals surface area contributed by atoms with E-state index < -0.39 is 24.9 Å². The quantitative estimate of drug-likeness (QED) is 0.277. The molecule has 0 saturated heterocycles. The zero-order valence-electron chi connectivity index (χ0n) is 20.5. The smallest absolute Gasteiger partial charge is 0.320 e. The normalized spacial score (nSPS) is 20.8. The molecule has 0 spiro atoms. The van der Waals surface area contributed by atoms with E-state index in [1.54, 1.807) is 18.2 Å². The van der Waals surface area contributed by atoms with Gasteiger partial charge in [-0.2, -0.15) is 0 Å². The van der Waals surface area contributed by atoms with E-state index in [4.69, 9.17) is 4.42 Å². The van der Waals surface area contributed by atoms with Gasteiger partial charge in [0, 0.05) is 30.3 Å². The first-order chi connectivity index (χ1) is 17.0. The van der Waals surface area contributed by atoms with Crippen LogP contribution in [0.3, 0.4) is 0 Å². The molecule has 0 radical (unpaired) electrons. The number of halogens is 2. The van der Waals surface area contributed by atoms with Crippen molar-refractivity contribution in [3.63, 3.8) is 0 Å². The molecule has 8 nitrogen and oxygen atoms in total. The Balaban J connectivity index is 1.60. The van der Waals surface area contributed by atoms with Crippen LogP contribution in [0.5, 0.6) is 0 Å². The molecule has 36 heavy (non-hydrogen) atoms. The summed E-state index contributed by atoms with van der Waals surface area (Å²) in [6.07, 6.45) is 11.4. The first-order valence-electron chi connectivity index (χ1n) is 11.7. The van der Waals surface area contributed by atoms with Gasteiger partial charge in [-0.1, -0.05) is 22.8 Å². The zero-order chi connectivity index (χ0) is 26.3. The molecule has 2 aromatic rings. The van der Waals surface area contributed by atoms with Gasteiger partial charge in [-0.05, 0) is 75.7 Å². The Kier molecular flexibility index (Phi) is 9.34. The fraction of sp³-hybridized carbons (Fsp3) is 0.400. The first kappa shape index (κ1) is 27.5. The van der Waals surface area contributed by atoms with E-state index in [1.807, 2.05) is 19.9 Å². The second-order valence-electron chi connectivity index (χ2n) is 9.10. The lowest BCUT2D eigenvalue weighted by Gasteiger charge is -2.29. The first-order valence-corrected chi connectivity index (χ1v) is 14.0. The van der Waals surface area contributed by atoms with E-state index in [2.05, 4.69) is 20.8 Å². The van der Waals surface area contributed by atoms with E-state index in [1.165, 1.54) is 18.3 Å². The number of anilines is 2. The number of aromatic nitrogens is 2. The minimum absolute atomic E-state index is 0.144. The highest BCUT2D eigenvalue weighted by molar-refractivity contribution is 7.57. The molecule has 1 amide bonds. The van der Waals surface area contributed by atoms with Crippen LogP contribution >= 0.6 is 7.37 Å². The number of rotatable bonds is 9. The van der Waals surface area contributed by atoms with E-state index in [-0.39, 0.29) is 17.6 Å². The fourth-order valence-electron chi connectivity index (χ4n) is 4.20. The van der Waals surface area contributed by atoms with Crippen molar-refractivity contribution >= 4 is 25.0 Å². The number of allylic oxidation sites excluding steroid dienone is 5. The van der Waals surface area contributed by atoms with Gasteiger partial charge in [0.1, 0.15) is 0 Å². The van der Waals surface area contributed by atoms with E-state index in [0.717, 1.165) is 37.8 Å². The number of amides is 1. The molecule has 3 N–H and O–H groups in total. The largest absolute Gasteiger partial charge is 0.399 e. The molecule has 194 valence electrons. The minimum Gasteiger partial charge on any atom is -0.399 e. The molecule has 1 aliphatic carbocycles. The van der Waals surface area contributed by atoms with E-state index in [9.17, 15) is 23.0 Å². The summed E-state index contributed by atoms with van der Waals surface area (Å²) in [6.45, 7) is 5.29. The van der Waals surface area contributed by atoms with Gasteiger partial charge >= 0.3 is 17.8 Å². The van der Waals surface area contributed by atoms with Crippen molar-refractivity contribution in [3.8, 4) is 0 Å². The van der Waals surface area contributed by atoms with Gasteiger partial charge in [-0.3, -0.25) is 9.36 Å². The Morgan fingerprint density at radius 1 is 1.19 bits per heavy atom. The second kappa shape index (κ2) is 12.2. The summed E-state index contributed by atoms with van der Waals surface area (Å²) < 4.78 is 43.4. The molecular weight excluding hydrogens is 489 g/mol. The van der Waals surface area contributed by atoms with Crippen molar-refractivity contribution in [1.82, 2.24) is 15.5 Å². The molecular formula is C25H31F2N4O4P. The Labute approximate surface area is 209 Å². The summed E-state index contributed by atoms with van der Waals surface area (Å²) in [7, 11) is -2.99. The predicted octanol–water partition coefficient (Wildman–Crippen LogP) is 5.93. The van der Waals surface area contributed by atoms with Gasteiger partial charge in [0.25, 0.3) is 0 Å². The summed E-state index contributed by atoms with van der Waals surface area (Å²) in [4.78, 5) is 22.2. The number of hydrogen-bond donors (Lipinski definition) is 3. The third-order valence-electron chi connectivity index (χ3n) is 6.01. The number of nitrogens with one attached hydrogen (secondary N) is 2. The topological polar surface area (TPSA) is 117 Å². The van der Waals surface area contributed by atoms with Gasteiger partial charge in [-0.15, -0.1) is 5.10 Å². The molecule has 1 unspecified atom stereocenters. The lowest BCUT2D eigenvalue weighted by molar-refractivity contribution is 0.0933. The van der Waals surface area contributed by atoms with Crippen LogP contribution in [0.2, 0.25) is 0 Å². The predicted molar refractivity (Wildman–Crippen MR) is 134 cm³/mol. The minimum atomic E-state index is -2.99. The molecule has 1 fully saturated rings. The Hall–Kier alpha value is -3.10. The molecule has 0 aliphatic heterocycles. The van der Waals surface area contributed by atoms with Crippen LogP contribution in [0.25, 0.3) is 0 Å². The third-order valence-corrected chi connectivity index (χ3v) is 7.20. The molecule has 3 rings (SSSR count). The van der Waals surface area contributed by atoms with Crippen molar-refractivity contribution < 1.29 is 27.5 Å². The zero-order valence-corrected chi connectivity index (χ0v) is 21.4. The number of hydrogen-bond acceptors (Lipinski definition) is 6. The number of benzene rings is 1. The molecule has 1 atom stereocenters. The fourth-order valence-corrected chi connectivity index (χ4v) is 5.53. The Bertz CT molecular complexity index is 1210. The van der Waals surface area contributed by atoms with Crippen LogP contribution in [0.15, 0.2) is 58.2 Å². The molecule has 1 aromatic heterocycles. The van der Waals surface area contributed by atoms with Gasteiger partial charge in [-0.25, -0.2) is 8.78 Å². The number of carbonyl (C=O) groups excluding carboxylic acids is 1. The highest BCUT2D eigenvalue weighted by Crippen LogP contribution is 2.43. The maximum Gasteiger partial charge on any atom is 0.320 e. The van der Waals surface area contributed by atoms with Crippen molar-refractivity contribution in [3.05, 3.63) is 71.3 Å². The summed E-state index contributed by atoms with van der Waals surface area (Å²) in [5, 5.41) is 12.8. The average Bonchev–Trinajstić information content (AvgIpc) is 3.28. The number of nitrogens with zero attached hydrogens (tertiary/aromatic N) is 2. The third kappa shape index (κ3) is 8.24. The van der Waals surface area contributed by atoms with Crippen molar-refractivity contribution in [2.24, 2.45) is 11.8 Å². The van der Waals surface area contributed by atoms with Crippen LogP contribution in [0.4, 0.5) is 20.5 Å². The average molecular weight is 521 g/mol. The van der Waals surface area contributed by atoms with Gasteiger partial charge in [0.05, 0.1) is 0 Å². The van der Waals surface area contributed by atoms with E-state index >= 15 is 0 Å². The molecule has 1 heterocycles. The van der Waals surface area contributed by atoms with Gasteiger partial charge < -0.3 is 19.9 Å². The van der Waals surface area contributed by atoms with Crippen LogP contribution in [0, 0.1) is 23.5 Å². The Morgan fingerprint density at radius 2 is 1.92 bits per heavy atom. The van der Waals surface area contributed by atoms with E-state index in [0.29, 0.717) is 23.7 Å². The maximum absolute atomic E-state index is 13.4. The SMILES string of the molecule is C\C=C/C(=C\C=C(/C)C1CCC(CP(C)(=O)O)CC1)NC(=O)c1nnc(Nc2ccc(F)c(F)c2)o1. The van der Waals surface area contributed by atoms with Crippen molar-refractivity contribution in [1.29, 1.82) is 0 Å². The summed E-state index contributed by atoms with van der Waals surface area (Å²) in [5.41, 5.74) is 1.88. The highest BCUT2D eigenvalue weighted by Gasteiger charge is 2.26. The summed E-state index contributed by atoms with van der Waals surface area (Å²) in [5.74, 6) is -2.26. The highest BCUT2D eigenvalue weighted by atomic mass is 31.2. The van der Waals surface area contributed by atoms with Crippen molar-refractivity contribution in [2.75, 3.05) is 18.1 Å². The van der Waals surface area contributed by atoms with Crippen LogP contribution < -0.4 is 10.6 Å². The standard InChI is InChI=1S/C25H31F2N4O4P/c1-4-5-19(11-6-16(2)18-9-7-17(8-10-18)15-36(3,33)34)28-23(32)24-30-31-25(35-24)29-20-12-13-21(26)22(27)14-20/h4-6,11-14,17-18H,7-10,15H2,1-3H3,(H,28,32)(H,29,31)(H,33,34)/b5-4-,16-6+,19-11+. The van der Waals surface area contributed by atoms with Crippen LogP contribution in [-0.2, 0) is 4.57 Å².